The number of carbonyl (C=O) groups is 2. The number of rotatable bonds is 10. The first-order valence-electron chi connectivity index (χ1n) is 5.87. The highest BCUT2D eigenvalue weighted by molar-refractivity contribution is 5.91. The average Bonchev–Trinajstić information content (AvgIpc) is 2.37. The monoisotopic (exact) mass is 260 g/mol. The van der Waals surface area contributed by atoms with Gasteiger partial charge < -0.3 is 18.9 Å². The first-order chi connectivity index (χ1) is 8.70. The first kappa shape index (κ1) is 16.6. The zero-order valence-corrected chi connectivity index (χ0v) is 10.8. The van der Waals surface area contributed by atoms with Crippen molar-refractivity contribution in [3.8, 4) is 0 Å². The molecule has 0 N–H and O–H groups in total. The van der Waals surface area contributed by atoms with E-state index in [9.17, 15) is 9.59 Å². The summed E-state index contributed by atoms with van der Waals surface area (Å²) in [6.45, 7) is 5.84. The Morgan fingerprint density at radius 1 is 0.778 bits per heavy atom. The number of hydrogen-bond donors (Lipinski definition) is 0. The van der Waals surface area contributed by atoms with Crippen molar-refractivity contribution >= 4 is 11.9 Å². The van der Waals surface area contributed by atoms with Gasteiger partial charge in [0.2, 0.25) is 0 Å². The van der Waals surface area contributed by atoms with Crippen molar-refractivity contribution in [2.45, 2.75) is 13.8 Å². The fourth-order valence-electron chi connectivity index (χ4n) is 0.923. The molecule has 0 fully saturated rings. The van der Waals surface area contributed by atoms with E-state index in [0.29, 0.717) is 26.4 Å². The normalized spacial score (nSPS) is 10.6. The highest BCUT2D eigenvalue weighted by Gasteiger charge is 2.00. The molecule has 104 valence electrons. The summed E-state index contributed by atoms with van der Waals surface area (Å²) in [6, 6.07) is 0. The molecule has 0 bridgehead atoms. The number of carbonyl (C=O) groups excluding carboxylic acids is 2. The Morgan fingerprint density at radius 2 is 1.17 bits per heavy atom. The smallest absolute Gasteiger partial charge is 0.331 e. The summed E-state index contributed by atoms with van der Waals surface area (Å²) in [7, 11) is 0. The molecule has 6 heteroatoms. The van der Waals surface area contributed by atoms with Crippen LogP contribution in [0.5, 0.6) is 0 Å². The molecule has 0 rings (SSSR count). The van der Waals surface area contributed by atoms with Crippen molar-refractivity contribution in [1.29, 1.82) is 0 Å². The predicted molar refractivity (Wildman–Crippen MR) is 64.0 cm³/mol. The van der Waals surface area contributed by atoms with Gasteiger partial charge in [-0.3, -0.25) is 0 Å². The fourth-order valence-corrected chi connectivity index (χ4v) is 0.923. The van der Waals surface area contributed by atoms with E-state index < -0.39 is 11.9 Å². The van der Waals surface area contributed by atoms with Crippen molar-refractivity contribution in [2.24, 2.45) is 0 Å². The molecule has 0 amide bonds. The molecule has 0 spiro atoms. The van der Waals surface area contributed by atoms with Crippen molar-refractivity contribution < 1.29 is 28.5 Å². The standard InChI is InChI=1S/C12H20O6/c1-3-15-7-9-17-11(13)5-6-12(14)18-10-8-16-4-2/h5-6H,3-4,7-10H2,1-2H3/b6-5-. The molecule has 18 heavy (non-hydrogen) atoms. The number of ether oxygens (including phenoxy) is 4. The summed E-state index contributed by atoms with van der Waals surface area (Å²) in [4.78, 5) is 22.2. The SMILES string of the molecule is CCOCCOC(=O)/C=C\C(=O)OCCOCC. The highest BCUT2D eigenvalue weighted by Crippen LogP contribution is 1.87. The molecular weight excluding hydrogens is 240 g/mol. The summed E-state index contributed by atoms with van der Waals surface area (Å²) in [5.41, 5.74) is 0. The molecule has 0 aliphatic carbocycles. The van der Waals surface area contributed by atoms with Crippen molar-refractivity contribution in [1.82, 2.24) is 0 Å². The molecule has 0 unspecified atom stereocenters. The van der Waals surface area contributed by atoms with Crippen LogP contribution in [0.3, 0.4) is 0 Å². The van der Waals surface area contributed by atoms with Crippen LogP contribution in [0.25, 0.3) is 0 Å². The van der Waals surface area contributed by atoms with Crippen molar-refractivity contribution in [3.63, 3.8) is 0 Å². The fraction of sp³-hybridized carbons (Fsp3) is 0.667. The Morgan fingerprint density at radius 3 is 1.50 bits per heavy atom. The van der Waals surface area contributed by atoms with Gasteiger partial charge in [0, 0.05) is 25.4 Å². The Bertz CT molecular complexity index is 235. The lowest BCUT2D eigenvalue weighted by Gasteiger charge is -2.02. The van der Waals surface area contributed by atoms with Gasteiger partial charge in [0.15, 0.2) is 0 Å². The Kier molecular flexibility index (Phi) is 11.1. The van der Waals surface area contributed by atoms with E-state index in [1.807, 2.05) is 13.8 Å². The first-order valence-corrected chi connectivity index (χ1v) is 5.87. The second kappa shape index (κ2) is 12.1. The van der Waals surface area contributed by atoms with Gasteiger partial charge in [0.05, 0.1) is 13.2 Å². The second-order valence-corrected chi connectivity index (χ2v) is 3.06. The van der Waals surface area contributed by atoms with E-state index in [2.05, 4.69) is 0 Å². The molecule has 0 aromatic carbocycles. The van der Waals surface area contributed by atoms with Gasteiger partial charge in [0.25, 0.3) is 0 Å². The number of hydrogen-bond acceptors (Lipinski definition) is 6. The van der Waals surface area contributed by atoms with Gasteiger partial charge in [-0.2, -0.15) is 0 Å². The molecule has 0 atom stereocenters. The van der Waals surface area contributed by atoms with Crippen molar-refractivity contribution in [3.05, 3.63) is 12.2 Å². The third-order valence-corrected chi connectivity index (χ3v) is 1.71. The van der Waals surface area contributed by atoms with Gasteiger partial charge in [-0.1, -0.05) is 0 Å². The molecule has 0 aromatic rings. The van der Waals surface area contributed by atoms with Gasteiger partial charge in [-0.05, 0) is 13.8 Å². The average molecular weight is 260 g/mol. The third-order valence-electron chi connectivity index (χ3n) is 1.71. The molecular formula is C12H20O6. The molecule has 0 saturated heterocycles. The van der Waals surface area contributed by atoms with Crippen LogP contribution in [0.1, 0.15) is 13.8 Å². The molecule has 0 aromatic heterocycles. The molecule has 0 radical (unpaired) electrons. The summed E-state index contributed by atoms with van der Waals surface area (Å²) < 4.78 is 19.5. The number of esters is 2. The van der Waals surface area contributed by atoms with Gasteiger partial charge >= 0.3 is 11.9 Å². The van der Waals surface area contributed by atoms with Crippen LogP contribution in [0.4, 0.5) is 0 Å². The minimum atomic E-state index is -0.600. The lowest BCUT2D eigenvalue weighted by Crippen LogP contribution is -2.10. The third kappa shape index (κ3) is 11.1. The van der Waals surface area contributed by atoms with E-state index in [1.165, 1.54) is 0 Å². The minimum absolute atomic E-state index is 0.163. The largest absolute Gasteiger partial charge is 0.460 e. The molecule has 0 heterocycles. The van der Waals surface area contributed by atoms with Crippen molar-refractivity contribution in [2.75, 3.05) is 39.6 Å². The van der Waals surface area contributed by atoms with Gasteiger partial charge in [-0.15, -0.1) is 0 Å². The molecule has 6 nitrogen and oxygen atoms in total. The van der Waals surface area contributed by atoms with Crippen LogP contribution < -0.4 is 0 Å². The maximum Gasteiger partial charge on any atom is 0.331 e. The molecule has 0 saturated carbocycles. The van der Waals surface area contributed by atoms with Crippen LogP contribution in [-0.4, -0.2) is 51.6 Å². The summed E-state index contributed by atoms with van der Waals surface area (Å²) in [5.74, 6) is -1.20. The van der Waals surface area contributed by atoms with Crippen LogP contribution in [0, 0.1) is 0 Å². The van der Waals surface area contributed by atoms with Crippen LogP contribution in [0.15, 0.2) is 12.2 Å². The van der Waals surface area contributed by atoms with E-state index >= 15 is 0 Å². The zero-order chi connectivity index (χ0) is 13.6. The van der Waals surface area contributed by atoms with E-state index in [1.54, 1.807) is 0 Å². The lowest BCUT2D eigenvalue weighted by molar-refractivity contribution is -0.141. The Balaban J connectivity index is 3.58. The van der Waals surface area contributed by atoms with E-state index in [-0.39, 0.29) is 13.2 Å². The quantitative estimate of drug-likeness (QED) is 0.327. The zero-order valence-electron chi connectivity index (χ0n) is 10.8. The maximum atomic E-state index is 11.1. The highest BCUT2D eigenvalue weighted by atomic mass is 16.6. The maximum absolute atomic E-state index is 11.1. The van der Waals surface area contributed by atoms with E-state index in [0.717, 1.165) is 12.2 Å². The topological polar surface area (TPSA) is 71.1 Å². The van der Waals surface area contributed by atoms with Gasteiger partial charge in [-0.25, -0.2) is 9.59 Å². The predicted octanol–water partition coefficient (Wildman–Crippen LogP) is 0.702. The molecule has 0 aliphatic rings. The summed E-state index contributed by atoms with van der Waals surface area (Å²) >= 11 is 0. The van der Waals surface area contributed by atoms with Gasteiger partial charge in [0.1, 0.15) is 13.2 Å². The lowest BCUT2D eigenvalue weighted by atomic mass is 10.5. The van der Waals surface area contributed by atoms with Crippen LogP contribution in [-0.2, 0) is 28.5 Å². The Hall–Kier alpha value is -1.40. The van der Waals surface area contributed by atoms with Crippen LogP contribution >= 0.6 is 0 Å². The minimum Gasteiger partial charge on any atom is -0.460 e. The summed E-state index contributed by atoms with van der Waals surface area (Å²) in [5, 5.41) is 0. The van der Waals surface area contributed by atoms with E-state index in [4.69, 9.17) is 18.9 Å². The summed E-state index contributed by atoms with van der Waals surface area (Å²) in [6.07, 6.45) is 2.05. The van der Waals surface area contributed by atoms with Crippen LogP contribution in [0.2, 0.25) is 0 Å². The molecule has 0 aliphatic heterocycles. The second-order valence-electron chi connectivity index (χ2n) is 3.06. The Labute approximate surface area is 107 Å².